The molecular weight excluding hydrogens is 317 g/mol. The number of carbonyl (C=O) groups excluding carboxylic acids is 1. The van der Waals surface area contributed by atoms with Gasteiger partial charge in [-0.05, 0) is 38.2 Å². The molecule has 124 valence electrons. The van der Waals surface area contributed by atoms with Crippen LogP contribution in [0.1, 0.15) is 20.3 Å². The maximum atomic E-state index is 12.0. The molecule has 2 N–H and O–H groups in total. The lowest BCUT2D eigenvalue weighted by molar-refractivity contribution is -0.153. The molecule has 1 fully saturated rings. The number of morpholine rings is 1. The Hall–Kier alpha value is -0.110. The molecule has 1 aliphatic rings. The molecule has 0 spiro atoms. The van der Waals surface area contributed by atoms with Crippen molar-refractivity contribution in [2.24, 2.45) is 5.41 Å². The quantitative estimate of drug-likeness (QED) is 0.385. The van der Waals surface area contributed by atoms with Gasteiger partial charge in [-0.3, -0.25) is 9.69 Å². The molecule has 1 aliphatic heterocycles. The van der Waals surface area contributed by atoms with Crippen molar-refractivity contribution in [3.05, 3.63) is 0 Å². The molecule has 1 heterocycles. The fraction of sp³-hybridized carbons (Fsp3) is 0.917. The van der Waals surface area contributed by atoms with Crippen molar-refractivity contribution in [3.8, 4) is 0 Å². The van der Waals surface area contributed by atoms with Gasteiger partial charge in [0.1, 0.15) is 6.61 Å². The number of hydrogen-bond donors (Lipinski definition) is 2. The molecule has 0 unspecified atom stereocenters. The Morgan fingerprint density at radius 2 is 2.00 bits per heavy atom. The Bertz CT molecular complexity index is 380. The van der Waals surface area contributed by atoms with Crippen molar-refractivity contribution in [2.75, 3.05) is 45.2 Å². The predicted molar refractivity (Wildman–Crippen MR) is 81.1 cm³/mol. The molecule has 0 aliphatic carbocycles. The molecule has 0 atom stereocenters. The standard InChI is InChI=1S/C12H24NO6PS/c1-12(2,3-4-13-5-7-18-8-6-13)11(14)19-9-10-21-20(15,16)17/h3-10H2,1-2H3,(H2,15,16,17). The number of esters is 1. The first-order valence-electron chi connectivity index (χ1n) is 6.88. The second kappa shape index (κ2) is 8.50. The molecule has 0 aromatic heterocycles. The first-order valence-corrected chi connectivity index (χ1v) is 10.1. The number of hydrogen-bond acceptors (Lipinski definition) is 6. The zero-order valence-corrected chi connectivity index (χ0v) is 14.2. The Labute approximate surface area is 129 Å². The average molecular weight is 341 g/mol. The average Bonchev–Trinajstić information content (AvgIpc) is 2.41. The Morgan fingerprint density at radius 1 is 1.38 bits per heavy atom. The second-order valence-electron chi connectivity index (χ2n) is 5.55. The van der Waals surface area contributed by atoms with Crippen LogP contribution in [0.4, 0.5) is 0 Å². The fourth-order valence-corrected chi connectivity index (χ4v) is 3.18. The molecule has 1 rings (SSSR count). The highest BCUT2D eigenvalue weighted by Crippen LogP contribution is 2.49. The Morgan fingerprint density at radius 3 is 2.57 bits per heavy atom. The van der Waals surface area contributed by atoms with Crippen LogP contribution in [-0.4, -0.2) is 65.9 Å². The van der Waals surface area contributed by atoms with E-state index in [0.717, 1.165) is 32.8 Å². The van der Waals surface area contributed by atoms with Crippen molar-refractivity contribution >= 4 is 24.1 Å². The van der Waals surface area contributed by atoms with Crippen LogP contribution in [0.2, 0.25) is 0 Å². The van der Waals surface area contributed by atoms with Gasteiger partial charge in [-0.2, -0.15) is 0 Å². The van der Waals surface area contributed by atoms with Crippen LogP contribution in [0.3, 0.4) is 0 Å². The van der Waals surface area contributed by atoms with E-state index in [1.165, 1.54) is 0 Å². The molecule has 21 heavy (non-hydrogen) atoms. The van der Waals surface area contributed by atoms with Crippen molar-refractivity contribution in [1.82, 2.24) is 4.90 Å². The molecule has 1 saturated heterocycles. The van der Waals surface area contributed by atoms with Crippen LogP contribution in [-0.2, 0) is 18.8 Å². The van der Waals surface area contributed by atoms with Crippen LogP contribution in [0, 0.1) is 5.41 Å². The lowest BCUT2D eigenvalue weighted by atomic mass is 9.89. The molecular formula is C12H24NO6PS. The minimum Gasteiger partial charge on any atom is -0.464 e. The Balaban J connectivity index is 2.25. The van der Waals surface area contributed by atoms with E-state index in [2.05, 4.69) is 4.90 Å². The number of rotatable bonds is 8. The summed E-state index contributed by atoms with van der Waals surface area (Å²) in [5.41, 5.74) is -0.606. The summed E-state index contributed by atoms with van der Waals surface area (Å²) in [5, 5.41) is 0. The third kappa shape index (κ3) is 8.18. The Kier molecular flexibility index (Phi) is 7.67. The van der Waals surface area contributed by atoms with Crippen LogP contribution < -0.4 is 0 Å². The zero-order valence-electron chi connectivity index (χ0n) is 12.5. The van der Waals surface area contributed by atoms with Gasteiger partial charge < -0.3 is 19.3 Å². The van der Waals surface area contributed by atoms with Gasteiger partial charge in [-0.15, -0.1) is 0 Å². The summed E-state index contributed by atoms with van der Waals surface area (Å²) in [6.45, 7) is 3.59. The highest BCUT2D eigenvalue weighted by Gasteiger charge is 2.30. The lowest BCUT2D eigenvalue weighted by Crippen LogP contribution is -2.39. The first-order chi connectivity index (χ1) is 9.71. The van der Waals surface area contributed by atoms with Gasteiger partial charge in [-0.25, -0.2) is 4.57 Å². The first kappa shape index (κ1) is 18.9. The van der Waals surface area contributed by atoms with E-state index < -0.39 is 12.2 Å². The molecule has 0 aromatic carbocycles. The number of nitrogens with zero attached hydrogens (tertiary/aromatic N) is 1. The predicted octanol–water partition coefficient (Wildman–Crippen LogP) is 1.10. The largest absolute Gasteiger partial charge is 0.464 e. The van der Waals surface area contributed by atoms with E-state index in [1.807, 2.05) is 13.8 Å². The van der Waals surface area contributed by atoms with Crippen LogP contribution in [0.25, 0.3) is 0 Å². The summed E-state index contributed by atoms with van der Waals surface area (Å²) < 4.78 is 21.0. The third-order valence-electron chi connectivity index (χ3n) is 3.29. The minimum absolute atomic E-state index is 0.00952. The maximum Gasteiger partial charge on any atom is 0.384 e. The normalized spacial score (nSPS) is 17.7. The topological polar surface area (TPSA) is 96.3 Å². The highest BCUT2D eigenvalue weighted by molar-refractivity contribution is 8.54. The van der Waals surface area contributed by atoms with Crippen molar-refractivity contribution in [2.45, 2.75) is 20.3 Å². The molecule has 0 radical (unpaired) electrons. The van der Waals surface area contributed by atoms with E-state index in [9.17, 15) is 9.36 Å². The van der Waals surface area contributed by atoms with Gasteiger partial charge in [0.25, 0.3) is 0 Å². The molecule has 0 bridgehead atoms. The minimum atomic E-state index is -4.09. The van der Waals surface area contributed by atoms with Crippen molar-refractivity contribution in [3.63, 3.8) is 0 Å². The lowest BCUT2D eigenvalue weighted by Gasteiger charge is -2.30. The SMILES string of the molecule is CC(C)(CCN1CCOCC1)C(=O)OCCSP(=O)(O)O. The van der Waals surface area contributed by atoms with Gasteiger partial charge in [-0.1, -0.05) is 0 Å². The van der Waals surface area contributed by atoms with Gasteiger partial charge in [0.05, 0.1) is 18.6 Å². The van der Waals surface area contributed by atoms with Gasteiger partial charge in [0.15, 0.2) is 0 Å². The fourth-order valence-electron chi connectivity index (χ4n) is 1.85. The highest BCUT2D eigenvalue weighted by atomic mass is 32.7. The van der Waals surface area contributed by atoms with Gasteiger partial charge in [0, 0.05) is 18.8 Å². The summed E-state index contributed by atoms with van der Waals surface area (Å²) in [6.07, 6.45) is 0.678. The summed E-state index contributed by atoms with van der Waals surface area (Å²) in [5.74, 6) is -0.239. The summed E-state index contributed by atoms with van der Waals surface area (Å²) >= 11 is 0.490. The zero-order chi connectivity index (χ0) is 15.9. The van der Waals surface area contributed by atoms with Gasteiger partial charge >= 0.3 is 12.8 Å². The van der Waals surface area contributed by atoms with E-state index in [-0.39, 0.29) is 18.3 Å². The molecule has 9 heteroatoms. The van der Waals surface area contributed by atoms with Crippen molar-refractivity contribution in [1.29, 1.82) is 0 Å². The third-order valence-corrected chi connectivity index (χ3v) is 5.53. The second-order valence-corrected chi connectivity index (χ2v) is 9.40. The molecule has 7 nitrogen and oxygen atoms in total. The van der Waals surface area contributed by atoms with Crippen LogP contribution in [0.15, 0.2) is 0 Å². The van der Waals surface area contributed by atoms with Crippen molar-refractivity contribution < 1.29 is 28.6 Å². The summed E-state index contributed by atoms with van der Waals surface area (Å²) in [4.78, 5) is 31.6. The van der Waals surface area contributed by atoms with E-state index in [4.69, 9.17) is 19.3 Å². The molecule has 0 aromatic rings. The van der Waals surface area contributed by atoms with E-state index in [0.29, 0.717) is 17.8 Å². The maximum absolute atomic E-state index is 12.0. The van der Waals surface area contributed by atoms with E-state index >= 15 is 0 Å². The number of carbonyl (C=O) groups is 1. The summed E-state index contributed by atoms with van der Waals surface area (Å²) in [6, 6.07) is 0. The summed E-state index contributed by atoms with van der Waals surface area (Å²) in [7, 11) is 0. The molecule has 0 saturated carbocycles. The molecule has 0 amide bonds. The monoisotopic (exact) mass is 341 g/mol. The number of ether oxygens (including phenoxy) is 2. The van der Waals surface area contributed by atoms with Crippen LogP contribution in [0.5, 0.6) is 0 Å². The van der Waals surface area contributed by atoms with Crippen LogP contribution >= 0.6 is 18.2 Å². The smallest absolute Gasteiger partial charge is 0.384 e. The van der Waals surface area contributed by atoms with Gasteiger partial charge in [0.2, 0.25) is 0 Å². The van der Waals surface area contributed by atoms with E-state index in [1.54, 1.807) is 0 Å².